The maximum atomic E-state index is 12.7. The van der Waals surface area contributed by atoms with Gasteiger partial charge in [0, 0.05) is 30.3 Å². The molecule has 1 aromatic heterocycles. The Hall–Kier alpha value is -2.79. The first-order valence-corrected chi connectivity index (χ1v) is 11.6. The highest BCUT2D eigenvalue weighted by Crippen LogP contribution is 2.31. The van der Waals surface area contributed by atoms with Gasteiger partial charge < -0.3 is 20.2 Å². The Balaban J connectivity index is 1.61. The number of ether oxygens (including phenoxy) is 1. The molecule has 1 unspecified atom stereocenters. The fourth-order valence-corrected chi connectivity index (χ4v) is 4.48. The number of oxazole rings is 1. The molecule has 4 rings (SSSR count). The van der Waals surface area contributed by atoms with Crippen molar-refractivity contribution in [1.82, 2.24) is 10.3 Å². The van der Waals surface area contributed by atoms with Gasteiger partial charge in [-0.3, -0.25) is 4.18 Å². The quantitative estimate of drug-likeness (QED) is 0.492. The van der Waals surface area contributed by atoms with E-state index in [1.165, 1.54) is 12.1 Å². The molecule has 8 nitrogen and oxygen atoms in total. The van der Waals surface area contributed by atoms with Gasteiger partial charge in [0.1, 0.15) is 17.9 Å². The van der Waals surface area contributed by atoms with E-state index in [2.05, 4.69) is 10.3 Å². The Kier molecular flexibility index (Phi) is 6.56. The minimum atomic E-state index is -3.92. The van der Waals surface area contributed by atoms with Crippen molar-refractivity contribution in [1.29, 1.82) is 0 Å². The number of hydrogen-bond donors (Lipinski definition) is 2. The Bertz CT molecular complexity index is 1250. The first kappa shape index (κ1) is 22.4. The molecule has 0 spiro atoms. The maximum absolute atomic E-state index is 12.7. The van der Waals surface area contributed by atoms with E-state index in [1.807, 2.05) is 6.92 Å². The summed E-state index contributed by atoms with van der Waals surface area (Å²) in [5.41, 5.74) is 8.14. The van der Waals surface area contributed by atoms with E-state index in [0.29, 0.717) is 47.3 Å². The molecule has 2 aromatic carbocycles. The summed E-state index contributed by atoms with van der Waals surface area (Å²) >= 11 is 0. The second-order valence-electron chi connectivity index (χ2n) is 7.55. The van der Waals surface area contributed by atoms with Crippen LogP contribution in [-0.4, -0.2) is 45.7 Å². The Morgan fingerprint density at radius 2 is 2.19 bits per heavy atom. The molecule has 0 aliphatic carbocycles. The SMILES string of the molecule is Cc1ccc(S(=O)(=O)OC2CCNC2)cc1-c1nc2ccc(OCC(=CF)CN)cc2o1. The summed E-state index contributed by atoms with van der Waals surface area (Å²) in [7, 11) is -3.92. The van der Waals surface area contributed by atoms with E-state index in [1.54, 1.807) is 24.3 Å². The average molecular weight is 462 g/mol. The molecule has 1 atom stereocenters. The van der Waals surface area contributed by atoms with Crippen LogP contribution in [0.3, 0.4) is 0 Å². The van der Waals surface area contributed by atoms with E-state index in [0.717, 1.165) is 12.1 Å². The van der Waals surface area contributed by atoms with E-state index in [9.17, 15) is 12.8 Å². The van der Waals surface area contributed by atoms with Crippen molar-refractivity contribution in [2.75, 3.05) is 26.2 Å². The predicted octanol–water partition coefficient (Wildman–Crippen LogP) is 3.06. The third-order valence-electron chi connectivity index (χ3n) is 5.21. The average Bonchev–Trinajstić information content (AvgIpc) is 3.43. The molecule has 0 bridgehead atoms. The number of aromatic nitrogens is 1. The molecule has 1 fully saturated rings. The lowest BCUT2D eigenvalue weighted by Gasteiger charge is -2.12. The lowest BCUT2D eigenvalue weighted by atomic mass is 10.1. The van der Waals surface area contributed by atoms with Crippen LogP contribution in [0.4, 0.5) is 4.39 Å². The molecule has 10 heteroatoms. The van der Waals surface area contributed by atoms with Crippen LogP contribution in [0.1, 0.15) is 12.0 Å². The lowest BCUT2D eigenvalue weighted by Crippen LogP contribution is -2.21. The molecule has 0 radical (unpaired) electrons. The molecule has 3 aromatic rings. The smallest absolute Gasteiger partial charge is 0.297 e. The maximum Gasteiger partial charge on any atom is 0.297 e. The van der Waals surface area contributed by atoms with E-state index in [4.69, 9.17) is 19.1 Å². The molecular weight excluding hydrogens is 437 g/mol. The first-order chi connectivity index (χ1) is 15.4. The molecule has 170 valence electrons. The third kappa shape index (κ3) is 4.83. The fourth-order valence-electron chi connectivity index (χ4n) is 3.35. The van der Waals surface area contributed by atoms with Crippen molar-refractivity contribution in [3.63, 3.8) is 0 Å². The highest BCUT2D eigenvalue weighted by molar-refractivity contribution is 7.86. The number of benzene rings is 2. The van der Waals surface area contributed by atoms with Gasteiger partial charge in [-0.1, -0.05) is 6.07 Å². The second-order valence-corrected chi connectivity index (χ2v) is 9.12. The zero-order chi connectivity index (χ0) is 22.7. The van der Waals surface area contributed by atoms with Crippen LogP contribution in [0.5, 0.6) is 5.75 Å². The van der Waals surface area contributed by atoms with Gasteiger partial charge >= 0.3 is 0 Å². The van der Waals surface area contributed by atoms with Crippen LogP contribution in [0.2, 0.25) is 0 Å². The Labute approximate surface area is 185 Å². The van der Waals surface area contributed by atoms with E-state index in [-0.39, 0.29) is 30.0 Å². The summed E-state index contributed by atoms with van der Waals surface area (Å²) in [6.45, 7) is 3.15. The normalized spacial score (nSPS) is 17.2. The lowest BCUT2D eigenvalue weighted by molar-refractivity contribution is 0.230. The van der Waals surface area contributed by atoms with E-state index >= 15 is 0 Å². The Morgan fingerprint density at radius 3 is 2.91 bits per heavy atom. The molecule has 1 saturated heterocycles. The van der Waals surface area contributed by atoms with Crippen molar-refractivity contribution >= 4 is 21.2 Å². The highest BCUT2D eigenvalue weighted by Gasteiger charge is 2.25. The van der Waals surface area contributed by atoms with E-state index < -0.39 is 10.1 Å². The van der Waals surface area contributed by atoms with Gasteiger partial charge in [-0.05, 0) is 49.7 Å². The number of nitrogens with two attached hydrogens (primary N) is 1. The fraction of sp³-hybridized carbons (Fsp3) is 0.318. The summed E-state index contributed by atoms with van der Waals surface area (Å²) < 4.78 is 54.9. The van der Waals surface area contributed by atoms with Crippen LogP contribution < -0.4 is 15.8 Å². The third-order valence-corrected chi connectivity index (χ3v) is 6.56. The molecular formula is C22H24FN3O5S. The number of aryl methyl sites for hydroxylation is 1. The van der Waals surface area contributed by atoms with Crippen molar-refractivity contribution in [3.05, 3.63) is 53.9 Å². The van der Waals surface area contributed by atoms with Crippen molar-refractivity contribution in [2.24, 2.45) is 5.73 Å². The summed E-state index contributed by atoms with van der Waals surface area (Å²) in [5, 5.41) is 3.08. The number of hydrogen-bond acceptors (Lipinski definition) is 8. The topological polar surface area (TPSA) is 117 Å². The molecule has 32 heavy (non-hydrogen) atoms. The van der Waals surface area contributed by atoms with Gasteiger partial charge in [0.25, 0.3) is 10.1 Å². The molecule has 3 N–H and O–H groups in total. The predicted molar refractivity (Wildman–Crippen MR) is 117 cm³/mol. The zero-order valence-corrected chi connectivity index (χ0v) is 18.3. The number of nitrogens with zero attached hydrogens (tertiary/aromatic N) is 1. The van der Waals surface area contributed by atoms with Gasteiger partial charge in [0.15, 0.2) is 5.58 Å². The summed E-state index contributed by atoms with van der Waals surface area (Å²) in [6.07, 6.45) is 0.697. The number of halogens is 1. The number of nitrogens with one attached hydrogen (secondary N) is 1. The summed E-state index contributed by atoms with van der Waals surface area (Å²) in [6, 6.07) is 9.76. The molecule has 0 amide bonds. The molecule has 2 heterocycles. The van der Waals surface area contributed by atoms with Gasteiger partial charge in [-0.2, -0.15) is 8.42 Å². The van der Waals surface area contributed by atoms with Crippen molar-refractivity contribution in [3.8, 4) is 17.2 Å². The van der Waals surface area contributed by atoms with Gasteiger partial charge in [0.05, 0.1) is 17.3 Å². The van der Waals surface area contributed by atoms with Gasteiger partial charge in [-0.25, -0.2) is 9.37 Å². The van der Waals surface area contributed by atoms with Crippen molar-refractivity contribution < 1.29 is 26.1 Å². The largest absolute Gasteiger partial charge is 0.489 e. The number of rotatable bonds is 8. The van der Waals surface area contributed by atoms with Crippen LogP contribution in [0.25, 0.3) is 22.6 Å². The van der Waals surface area contributed by atoms with Crippen LogP contribution in [-0.2, 0) is 14.3 Å². The standard InChI is InChI=1S/C22H24FN3O5S/c1-14-2-4-18(32(27,28)31-17-6-7-25-12-17)9-19(14)22-26-20-5-3-16(8-21(20)30-22)29-13-15(10-23)11-24/h2-5,8-10,17,25H,6-7,11-13,24H2,1H3. The zero-order valence-electron chi connectivity index (χ0n) is 17.5. The van der Waals surface area contributed by atoms with Crippen LogP contribution in [0, 0.1) is 6.92 Å². The van der Waals surface area contributed by atoms with Crippen LogP contribution in [0.15, 0.2) is 57.6 Å². The summed E-state index contributed by atoms with van der Waals surface area (Å²) in [5.74, 6) is 0.750. The summed E-state index contributed by atoms with van der Waals surface area (Å²) in [4.78, 5) is 4.52. The minimum absolute atomic E-state index is 0.0228. The van der Waals surface area contributed by atoms with Crippen molar-refractivity contribution in [2.45, 2.75) is 24.3 Å². The second kappa shape index (κ2) is 9.37. The molecule has 1 aliphatic rings. The monoisotopic (exact) mass is 461 g/mol. The van der Waals surface area contributed by atoms with Gasteiger partial charge in [0.2, 0.25) is 5.89 Å². The minimum Gasteiger partial charge on any atom is -0.489 e. The molecule has 0 saturated carbocycles. The first-order valence-electron chi connectivity index (χ1n) is 10.2. The Morgan fingerprint density at radius 1 is 1.34 bits per heavy atom. The number of fused-ring (bicyclic) bond motifs is 1. The molecule has 1 aliphatic heterocycles. The van der Waals surface area contributed by atoms with Gasteiger partial charge in [-0.15, -0.1) is 0 Å². The highest BCUT2D eigenvalue weighted by atomic mass is 32.2. The van der Waals surface area contributed by atoms with Crippen LogP contribution >= 0.6 is 0 Å².